The van der Waals surface area contributed by atoms with Gasteiger partial charge in [0.2, 0.25) is 0 Å². The number of carbonyl (C=O) groups is 1. The molecule has 2 rings (SSSR count). The lowest BCUT2D eigenvalue weighted by molar-refractivity contribution is 0.243. The molecule has 146 valence electrons. The molecule has 1 unspecified atom stereocenters. The van der Waals surface area contributed by atoms with Crippen LogP contribution < -0.4 is 15.4 Å². The van der Waals surface area contributed by atoms with Gasteiger partial charge in [-0.15, -0.1) is 0 Å². The van der Waals surface area contributed by atoms with E-state index < -0.39 is 0 Å². The van der Waals surface area contributed by atoms with Crippen molar-refractivity contribution in [2.75, 3.05) is 33.1 Å². The lowest BCUT2D eigenvalue weighted by Gasteiger charge is -2.25. The topological polar surface area (TPSA) is 53.6 Å². The van der Waals surface area contributed by atoms with Crippen molar-refractivity contribution < 1.29 is 9.53 Å². The van der Waals surface area contributed by atoms with Crippen LogP contribution in [0.3, 0.4) is 0 Å². The molecular formula is C22H31N3O2. The van der Waals surface area contributed by atoms with Gasteiger partial charge >= 0.3 is 6.03 Å². The molecule has 2 aromatic rings. The average Bonchev–Trinajstić information content (AvgIpc) is 2.61. The number of rotatable bonds is 6. The number of hydrogen-bond donors (Lipinski definition) is 2. The molecule has 5 nitrogen and oxygen atoms in total. The van der Waals surface area contributed by atoms with Crippen LogP contribution in [0.5, 0.6) is 5.75 Å². The third-order valence-corrected chi connectivity index (χ3v) is 4.57. The number of amides is 2. The summed E-state index contributed by atoms with van der Waals surface area (Å²) in [4.78, 5) is 14.4. The van der Waals surface area contributed by atoms with E-state index in [1.165, 1.54) is 5.56 Å². The van der Waals surface area contributed by atoms with Crippen LogP contribution in [0.25, 0.3) is 0 Å². The smallest absolute Gasteiger partial charge is 0.319 e. The summed E-state index contributed by atoms with van der Waals surface area (Å²) >= 11 is 0. The highest BCUT2D eigenvalue weighted by Gasteiger charge is 2.16. The van der Waals surface area contributed by atoms with E-state index in [9.17, 15) is 4.79 Å². The lowest BCUT2D eigenvalue weighted by Crippen LogP contribution is -2.36. The second-order valence-electron chi connectivity index (χ2n) is 7.92. The summed E-state index contributed by atoms with van der Waals surface area (Å²) in [5.41, 5.74) is 3.20. The lowest BCUT2D eigenvalue weighted by atomic mass is 9.87. The highest BCUT2D eigenvalue weighted by atomic mass is 16.5. The first-order valence-electron chi connectivity index (χ1n) is 9.16. The Kier molecular flexibility index (Phi) is 6.86. The van der Waals surface area contributed by atoms with Crippen LogP contribution in [0, 0.1) is 0 Å². The molecule has 0 aromatic heterocycles. The highest BCUT2D eigenvalue weighted by Crippen LogP contribution is 2.24. The number of hydrogen-bond acceptors (Lipinski definition) is 3. The van der Waals surface area contributed by atoms with Crippen molar-refractivity contribution in [1.29, 1.82) is 0 Å². The predicted molar refractivity (Wildman–Crippen MR) is 112 cm³/mol. The van der Waals surface area contributed by atoms with Gasteiger partial charge in [-0.3, -0.25) is 0 Å². The Hall–Kier alpha value is -2.53. The zero-order valence-electron chi connectivity index (χ0n) is 17.2. The second-order valence-corrected chi connectivity index (χ2v) is 7.92. The molecule has 0 aliphatic rings. The molecule has 2 aromatic carbocycles. The molecule has 5 heteroatoms. The van der Waals surface area contributed by atoms with Gasteiger partial charge in [-0.05, 0) is 54.9 Å². The quantitative estimate of drug-likeness (QED) is 0.793. The minimum absolute atomic E-state index is 0.0501. The molecule has 0 aliphatic carbocycles. The molecule has 0 aliphatic heterocycles. The van der Waals surface area contributed by atoms with Gasteiger partial charge < -0.3 is 20.3 Å². The zero-order valence-corrected chi connectivity index (χ0v) is 17.2. The van der Waals surface area contributed by atoms with Gasteiger partial charge in [-0.1, -0.05) is 45.0 Å². The molecule has 0 radical (unpaired) electrons. The van der Waals surface area contributed by atoms with Crippen LogP contribution >= 0.6 is 0 Å². The Morgan fingerprint density at radius 3 is 2.33 bits per heavy atom. The van der Waals surface area contributed by atoms with Crippen molar-refractivity contribution in [2.24, 2.45) is 0 Å². The summed E-state index contributed by atoms with van der Waals surface area (Å²) in [7, 11) is 5.64. The first-order chi connectivity index (χ1) is 12.7. The molecule has 2 N–H and O–H groups in total. The van der Waals surface area contributed by atoms with Gasteiger partial charge in [0.05, 0.1) is 13.2 Å². The van der Waals surface area contributed by atoms with Gasteiger partial charge in [0.25, 0.3) is 0 Å². The second kappa shape index (κ2) is 8.91. The molecule has 0 spiro atoms. The Morgan fingerprint density at radius 2 is 1.78 bits per heavy atom. The van der Waals surface area contributed by atoms with Crippen LogP contribution in [0.4, 0.5) is 10.5 Å². The standard InChI is InChI=1S/C22H31N3O2/c1-22(2,3)17-10-12-18(13-11-17)24-21(26)23-15-20(25(4)5)16-8-7-9-19(14-16)27-6/h7-14,20H,15H2,1-6H3,(H2,23,24,26). The molecule has 0 saturated heterocycles. The Bertz CT molecular complexity index is 749. The third-order valence-electron chi connectivity index (χ3n) is 4.57. The minimum Gasteiger partial charge on any atom is -0.497 e. The van der Waals surface area contributed by atoms with E-state index in [1.807, 2.05) is 50.5 Å². The Balaban J connectivity index is 1.97. The maximum Gasteiger partial charge on any atom is 0.319 e. The molecular weight excluding hydrogens is 338 g/mol. The normalized spacial score (nSPS) is 12.6. The maximum absolute atomic E-state index is 12.3. The fraction of sp³-hybridized carbons (Fsp3) is 0.409. The minimum atomic E-state index is -0.215. The number of nitrogens with one attached hydrogen (secondary N) is 2. The fourth-order valence-corrected chi connectivity index (χ4v) is 2.87. The first-order valence-corrected chi connectivity index (χ1v) is 9.16. The van der Waals surface area contributed by atoms with Gasteiger partial charge in [0, 0.05) is 12.2 Å². The van der Waals surface area contributed by atoms with E-state index in [-0.39, 0.29) is 17.5 Å². The van der Waals surface area contributed by atoms with E-state index in [0.717, 1.165) is 17.0 Å². The van der Waals surface area contributed by atoms with Crippen LogP contribution in [-0.2, 0) is 5.41 Å². The van der Waals surface area contributed by atoms with E-state index in [1.54, 1.807) is 7.11 Å². The maximum atomic E-state index is 12.3. The van der Waals surface area contributed by atoms with Crippen molar-refractivity contribution in [2.45, 2.75) is 32.2 Å². The van der Waals surface area contributed by atoms with Gasteiger partial charge in [0.1, 0.15) is 5.75 Å². The summed E-state index contributed by atoms with van der Waals surface area (Å²) in [5.74, 6) is 0.808. The Morgan fingerprint density at radius 1 is 1.11 bits per heavy atom. The summed E-state index contributed by atoms with van der Waals surface area (Å²) in [5, 5.41) is 5.86. The molecule has 0 heterocycles. The van der Waals surface area contributed by atoms with Crippen molar-refractivity contribution >= 4 is 11.7 Å². The largest absolute Gasteiger partial charge is 0.497 e. The van der Waals surface area contributed by atoms with Gasteiger partial charge in [-0.25, -0.2) is 4.79 Å². The van der Waals surface area contributed by atoms with E-state index in [2.05, 4.69) is 48.4 Å². The number of nitrogens with zero attached hydrogens (tertiary/aromatic N) is 1. The number of methoxy groups -OCH3 is 1. The summed E-state index contributed by atoms with van der Waals surface area (Å²) in [6.07, 6.45) is 0. The summed E-state index contributed by atoms with van der Waals surface area (Å²) < 4.78 is 5.30. The zero-order chi connectivity index (χ0) is 20.0. The van der Waals surface area contributed by atoms with Gasteiger partial charge in [0.15, 0.2) is 0 Å². The van der Waals surface area contributed by atoms with Crippen LogP contribution in [0.15, 0.2) is 48.5 Å². The SMILES string of the molecule is COc1cccc(C(CNC(=O)Nc2ccc(C(C)(C)C)cc2)N(C)C)c1. The van der Waals surface area contributed by atoms with Crippen molar-refractivity contribution in [1.82, 2.24) is 10.2 Å². The monoisotopic (exact) mass is 369 g/mol. The number of anilines is 1. The summed E-state index contributed by atoms with van der Waals surface area (Å²) in [6, 6.07) is 15.7. The molecule has 27 heavy (non-hydrogen) atoms. The van der Waals surface area contributed by atoms with E-state index >= 15 is 0 Å². The fourth-order valence-electron chi connectivity index (χ4n) is 2.87. The molecule has 0 fully saturated rings. The number of urea groups is 1. The summed E-state index contributed by atoms with van der Waals surface area (Å²) in [6.45, 7) is 7.00. The molecule has 1 atom stereocenters. The molecule has 2 amide bonds. The van der Waals surface area contributed by atoms with Crippen LogP contribution in [0.2, 0.25) is 0 Å². The predicted octanol–water partition coefficient (Wildman–Crippen LogP) is 4.42. The Labute approximate surface area is 162 Å². The van der Waals surface area contributed by atoms with Crippen molar-refractivity contribution in [3.63, 3.8) is 0 Å². The van der Waals surface area contributed by atoms with Crippen molar-refractivity contribution in [3.05, 3.63) is 59.7 Å². The average molecular weight is 370 g/mol. The molecule has 0 bridgehead atoms. The molecule has 0 saturated carbocycles. The number of likely N-dealkylation sites (N-methyl/N-ethyl adjacent to an activating group) is 1. The number of benzene rings is 2. The van der Waals surface area contributed by atoms with Crippen LogP contribution in [0.1, 0.15) is 37.9 Å². The van der Waals surface area contributed by atoms with E-state index in [0.29, 0.717) is 6.54 Å². The van der Waals surface area contributed by atoms with E-state index in [4.69, 9.17) is 4.74 Å². The van der Waals surface area contributed by atoms with Gasteiger partial charge in [-0.2, -0.15) is 0 Å². The van der Waals surface area contributed by atoms with Crippen LogP contribution in [-0.4, -0.2) is 38.7 Å². The van der Waals surface area contributed by atoms with Crippen molar-refractivity contribution in [3.8, 4) is 5.75 Å². The number of ether oxygens (including phenoxy) is 1. The first kappa shape index (κ1) is 20.8. The number of carbonyl (C=O) groups excluding carboxylic acids is 1. The highest BCUT2D eigenvalue weighted by molar-refractivity contribution is 5.89. The third kappa shape index (κ3) is 6.00.